The van der Waals surface area contributed by atoms with Crippen LogP contribution < -0.4 is 5.73 Å². The Morgan fingerprint density at radius 1 is 1.16 bits per heavy atom. The molecule has 0 bridgehead atoms. The van der Waals surface area contributed by atoms with E-state index in [1.54, 1.807) is 6.07 Å². The van der Waals surface area contributed by atoms with Crippen molar-refractivity contribution in [3.05, 3.63) is 45.1 Å². The van der Waals surface area contributed by atoms with Gasteiger partial charge in [-0.25, -0.2) is 9.37 Å². The zero-order chi connectivity index (χ0) is 13.6. The number of benzene rings is 2. The first-order chi connectivity index (χ1) is 9.06. The summed E-state index contributed by atoms with van der Waals surface area (Å²) in [4.78, 5) is 7.51. The van der Waals surface area contributed by atoms with Crippen molar-refractivity contribution in [1.29, 1.82) is 0 Å². The zero-order valence-corrected chi connectivity index (χ0v) is 12.7. The summed E-state index contributed by atoms with van der Waals surface area (Å²) < 4.78 is 14.7. The average molecular weight is 385 g/mol. The normalized spacial score (nSPS) is 11.1. The number of hydrogen-bond donors (Lipinski definition) is 2. The number of nitrogens with two attached hydrogens (primary N) is 1. The standard InChI is InChI=1S/C13H8Br2FN3/c14-7-3-1-2-6(12(7)17)13-18-10-4-8(15)9(16)5-11(10)19-13/h1-5H,17H2,(H,18,19). The number of hydrogen-bond acceptors (Lipinski definition) is 2. The van der Waals surface area contributed by atoms with Gasteiger partial charge >= 0.3 is 0 Å². The fourth-order valence-corrected chi connectivity index (χ4v) is 2.57. The van der Waals surface area contributed by atoms with E-state index in [1.807, 2.05) is 18.2 Å². The molecule has 0 aliphatic rings. The molecule has 2 aromatic carbocycles. The van der Waals surface area contributed by atoms with Crippen molar-refractivity contribution in [1.82, 2.24) is 9.97 Å². The van der Waals surface area contributed by atoms with Crippen molar-refractivity contribution < 1.29 is 4.39 Å². The fourth-order valence-electron chi connectivity index (χ4n) is 1.88. The van der Waals surface area contributed by atoms with Gasteiger partial charge in [-0.2, -0.15) is 0 Å². The van der Waals surface area contributed by atoms with Crippen LogP contribution in [0.5, 0.6) is 0 Å². The number of fused-ring (bicyclic) bond motifs is 1. The number of nitrogen functional groups attached to an aromatic ring is 1. The number of anilines is 1. The molecule has 0 saturated carbocycles. The fraction of sp³-hybridized carbons (Fsp3) is 0. The van der Waals surface area contributed by atoms with E-state index in [-0.39, 0.29) is 5.82 Å². The highest BCUT2D eigenvalue weighted by atomic mass is 79.9. The molecule has 3 aromatic rings. The van der Waals surface area contributed by atoms with E-state index in [0.29, 0.717) is 27.0 Å². The van der Waals surface area contributed by atoms with E-state index in [4.69, 9.17) is 5.73 Å². The summed E-state index contributed by atoms with van der Waals surface area (Å²) in [5.74, 6) is 0.288. The van der Waals surface area contributed by atoms with Crippen molar-refractivity contribution in [3.8, 4) is 11.4 Å². The Bertz CT molecular complexity index is 744. The maximum Gasteiger partial charge on any atom is 0.140 e. The van der Waals surface area contributed by atoms with Crippen LogP contribution in [0.2, 0.25) is 0 Å². The van der Waals surface area contributed by atoms with Crippen LogP contribution in [0.3, 0.4) is 0 Å². The van der Waals surface area contributed by atoms with E-state index < -0.39 is 0 Å². The van der Waals surface area contributed by atoms with Gasteiger partial charge in [0, 0.05) is 16.1 Å². The Morgan fingerprint density at radius 3 is 2.74 bits per heavy atom. The van der Waals surface area contributed by atoms with Crippen LogP contribution in [0, 0.1) is 5.82 Å². The second-order valence-electron chi connectivity index (χ2n) is 4.07. The molecule has 6 heteroatoms. The lowest BCUT2D eigenvalue weighted by atomic mass is 10.2. The van der Waals surface area contributed by atoms with Crippen molar-refractivity contribution in [2.45, 2.75) is 0 Å². The van der Waals surface area contributed by atoms with Gasteiger partial charge in [-0.15, -0.1) is 0 Å². The second-order valence-corrected chi connectivity index (χ2v) is 5.78. The van der Waals surface area contributed by atoms with Crippen LogP contribution in [-0.4, -0.2) is 9.97 Å². The number of aromatic nitrogens is 2. The van der Waals surface area contributed by atoms with E-state index in [2.05, 4.69) is 41.8 Å². The van der Waals surface area contributed by atoms with Crippen LogP contribution in [0.25, 0.3) is 22.4 Å². The first-order valence-corrected chi connectivity index (χ1v) is 7.04. The third-order valence-electron chi connectivity index (χ3n) is 2.83. The minimum Gasteiger partial charge on any atom is -0.397 e. The quantitative estimate of drug-likeness (QED) is 0.608. The summed E-state index contributed by atoms with van der Waals surface area (Å²) in [6.45, 7) is 0. The van der Waals surface area contributed by atoms with E-state index in [9.17, 15) is 4.39 Å². The summed E-state index contributed by atoms with van der Waals surface area (Å²) in [6.07, 6.45) is 0. The summed E-state index contributed by atoms with van der Waals surface area (Å²) >= 11 is 6.52. The number of para-hydroxylation sites is 1. The SMILES string of the molecule is Nc1c(Br)cccc1-c1nc2cc(Br)c(F)cc2[nH]1. The Kier molecular flexibility index (Phi) is 3.06. The molecule has 0 fully saturated rings. The third-order valence-corrected chi connectivity index (χ3v) is 4.13. The Hall–Kier alpha value is -1.40. The van der Waals surface area contributed by atoms with Crippen LogP contribution >= 0.6 is 31.9 Å². The number of H-pyrrole nitrogens is 1. The van der Waals surface area contributed by atoms with E-state index >= 15 is 0 Å². The van der Waals surface area contributed by atoms with E-state index in [0.717, 1.165) is 10.0 Å². The van der Waals surface area contributed by atoms with Crippen LogP contribution in [0.15, 0.2) is 39.3 Å². The van der Waals surface area contributed by atoms with Gasteiger partial charge in [-0.1, -0.05) is 6.07 Å². The zero-order valence-electron chi connectivity index (χ0n) is 9.55. The molecule has 1 heterocycles. The van der Waals surface area contributed by atoms with Crippen molar-refractivity contribution in [2.24, 2.45) is 0 Å². The molecule has 0 aliphatic heterocycles. The number of nitrogens with one attached hydrogen (secondary N) is 1. The first-order valence-electron chi connectivity index (χ1n) is 5.45. The number of imidazole rings is 1. The van der Waals surface area contributed by atoms with Gasteiger partial charge < -0.3 is 10.7 Å². The molecule has 0 unspecified atom stereocenters. The molecule has 3 N–H and O–H groups in total. The third kappa shape index (κ3) is 2.15. The first kappa shape index (κ1) is 12.6. The van der Waals surface area contributed by atoms with Crippen LogP contribution in [0.4, 0.5) is 10.1 Å². The highest BCUT2D eigenvalue weighted by Gasteiger charge is 2.11. The lowest BCUT2D eigenvalue weighted by molar-refractivity contribution is 0.623. The molecular weight excluding hydrogens is 377 g/mol. The summed E-state index contributed by atoms with van der Waals surface area (Å²) in [5.41, 5.74) is 8.70. The Morgan fingerprint density at radius 2 is 1.95 bits per heavy atom. The number of rotatable bonds is 1. The van der Waals surface area contributed by atoms with E-state index in [1.165, 1.54) is 6.07 Å². The minimum absolute atomic E-state index is 0.329. The topological polar surface area (TPSA) is 54.7 Å². The molecular formula is C13H8Br2FN3. The molecule has 0 amide bonds. The summed E-state index contributed by atoms with van der Waals surface area (Å²) in [7, 11) is 0. The second kappa shape index (κ2) is 4.61. The lowest BCUT2D eigenvalue weighted by Crippen LogP contribution is -1.92. The highest BCUT2D eigenvalue weighted by Crippen LogP contribution is 2.32. The summed E-state index contributed by atoms with van der Waals surface area (Å²) in [5, 5.41) is 0. The molecule has 0 radical (unpaired) electrons. The number of halogens is 3. The van der Waals surface area contributed by atoms with Gasteiger partial charge in [0.1, 0.15) is 11.6 Å². The van der Waals surface area contributed by atoms with Gasteiger partial charge in [0.05, 0.1) is 21.2 Å². The molecule has 19 heavy (non-hydrogen) atoms. The molecule has 96 valence electrons. The van der Waals surface area contributed by atoms with Gasteiger partial charge in [0.15, 0.2) is 0 Å². The van der Waals surface area contributed by atoms with Crippen molar-refractivity contribution in [3.63, 3.8) is 0 Å². The maximum atomic E-state index is 13.5. The molecule has 3 nitrogen and oxygen atoms in total. The molecule has 0 aliphatic carbocycles. The Labute approximate surface area is 125 Å². The smallest absolute Gasteiger partial charge is 0.140 e. The number of aromatic amines is 1. The van der Waals surface area contributed by atoms with Crippen LogP contribution in [0.1, 0.15) is 0 Å². The van der Waals surface area contributed by atoms with Crippen molar-refractivity contribution >= 4 is 48.6 Å². The monoisotopic (exact) mass is 383 g/mol. The predicted molar refractivity (Wildman–Crippen MR) is 81.3 cm³/mol. The van der Waals surface area contributed by atoms with Gasteiger partial charge in [0.2, 0.25) is 0 Å². The number of nitrogens with zero attached hydrogens (tertiary/aromatic N) is 1. The molecule has 0 atom stereocenters. The molecule has 0 saturated heterocycles. The Balaban J connectivity index is 2.23. The molecule has 1 aromatic heterocycles. The van der Waals surface area contributed by atoms with Gasteiger partial charge in [-0.05, 0) is 50.1 Å². The predicted octanol–water partition coefficient (Wildman–Crippen LogP) is 4.48. The minimum atomic E-state index is -0.329. The average Bonchev–Trinajstić information content (AvgIpc) is 2.76. The largest absolute Gasteiger partial charge is 0.397 e. The molecule has 3 rings (SSSR count). The van der Waals surface area contributed by atoms with Gasteiger partial charge in [-0.3, -0.25) is 0 Å². The highest BCUT2D eigenvalue weighted by molar-refractivity contribution is 9.10. The maximum absolute atomic E-state index is 13.5. The van der Waals surface area contributed by atoms with Gasteiger partial charge in [0.25, 0.3) is 0 Å². The van der Waals surface area contributed by atoms with Crippen molar-refractivity contribution in [2.75, 3.05) is 5.73 Å². The molecule has 0 spiro atoms. The summed E-state index contributed by atoms with van der Waals surface area (Å²) in [6, 6.07) is 8.64. The lowest BCUT2D eigenvalue weighted by Gasteiger charge is -2.03. The van der Waals surface area contributed by atoms with Crippen LogP contribution in [-0.2, 0) is 0 Å².